The van der Waals surface area contributed by atoms with Crippen LogP contribution in [-0.4, -0.2) is 7.05 Å². The van der Waals surface area contributed by atoms with Gasteiger partial charge in [-0.25, -0.2) is 0 Å². The Kier molecular flexibility index (Phi) is 5.00. The number of aryl methyl sites for hydroxylation is 1. The largest absolute Gasteiger partial charge is 0.309 e. The highest BCUT2D eigenvalue weighted by Gasteiger charge is 2.14. The molecule has 0 heterocycles. The molecule has 2 aromatic carbocycles. The fourth-order valence-electron chi connectivity index (χ4n) is 2.54. The van der Waals surface area contributed by atoms with E-state index in [1.165, 1.54) is 22.3 Å². The van der Waals surface area contributed by atoms with Crippen LogP contribution >= 0.6 is 15.9 Å². The summed E-state index contributed by atoms with van der Waals surface area (Å²) in [6, 6.07) is 15.6. The number of benzene rings is 2. The molecule has 0 aliphatic heterocycles. The van der Waals surface area contributed by atoms with Crippen LogP contribution < -0.4 is 5.32 Å². The number of hydrogen-bond acceptors (Lipinski definition) is 1. The van der Waals surface area contributed by atoms with Gasteiger partial charge in [0.1, 0.15) is 0 Å². The van der Waals surface area contributed by atoms with Crippen molar-refractivity contribution < 1.29 is 0 Å². The van der Waals surface area contributed by atoms with Gasteiger partial charge in [-0.15, -0.1) is 0 Å². The molecule has 2 heteroatoms. The first kappa shape index (κ1) is 15.3. The van der Waals surface area contributed by atoms with Crippen molar-refractivity contribution in [2.75, 3.05) is 7.05 Å². The molecule has 0 radical (unpaired) electrons. The molecule has 1 nitrogen and oxygen atoms in total. The van der Waals surface area contributed by atoms with Crippen molar-refractivity contribution >= 4 is 15.9 Å². The highest BCUT2D eigenvalue weighted by atomic mass is 79.9. The summed E-state index contributed by atoms with van der Waals surface area (Å²) < 4.78 is 1.13. The van der Waals surface area contributed by atoms with Crippen LogP contribution in [-0.2, 0) is 0 Å². The lowest BCUT2D eigenvalue weighted by molar-refractivity contribution is 0.686. The Morgan fingerprint density at radius 3 is 2.05 bits per heavy atom. The first-order valence-corrected chi connectivity index (χ1v) is 7.85. The molecular formula is C18H22BrN. The topological polar surface area (TPSA) is 12.0 Å². The Balaban J connectivity index is 2.36. The minimum atomic E-state index is 0.240. The number of halogens is 1. The van der Waals surface area contributed by atoms with Crippen LogP contribution in [0.3, 0.4) is 0 Å². The fraction of sp³-hybridized carbons (Fsp3) is 0.333. The third kappa shape index (κ3) is 3.31. The highest BCUT2D eigenvalue weighted by molar-refractivity contribution is 9.10. The molecule has 0 amide bonds. The van der Waals surface area contributed by atoms with Gasteiger partial charge in [0.2, 0.25) is 0 Å². The number of hydrogen-bond donors (Lipinski definition) is 1. The molecule has 0 saturated carbocycles. The van der Waals surface area contributed by atoms with E-state index < -0.39 is 0 Å². The SMILES string of the molecule is CNC(c1ccc(C(C)C)cc1)c1ccc(Br)cc1C. The van der Waals surface area contributed by atoms with Gasteiger partial charge in [0.15, 0.2) is 0 Å². The number of rotatable bonds is 4. The zero-order chi connectivity index (χ0) is 14.7. The van der Waals surface area contributed by atoms with E-state index in [1.807, 2.05) is 7.05 Å². The van der Waals surface area contributed by atoms with Gasteiger partial charge in [-0.3, -0.25) is 0 Å². The molecule has 0 saturated heterocycles. The van der Waals surface area contributed by atoms with E-state index in [-0.39, 0.29) is 6.04 Å². The van der Waals surface area contributed by atoms with E-state index in [0.29, 0.717) is 5.92 Å². The van der Waals surface area contributed by atoms with Crippen molar-refractivity contribution in [3.05, 3.63) is 69.2 Å². The summed E-state index contributed by atoms with van der Waals surface area (Å²) in [5, 5.41) is 3.43. The monoisotopic (exact) mass is 331 g/mol. The standard InChI is InChI=1S/C18H22BrN/c1-12(2)14-5-7-15(8-6-14)18(20-4)17-10-9-16(19)11-13(17)3/h5-12,18,20H,1-4H3. The highest BCUT2D eigenvalue weighted by Crippen LogP contribution is 2.27. The molecule has 0 spiro atoms. The molecule has 0 aliphatic carbocycles. The predicted molar refractivity (Wildman–Crippen MR) is 90.3 cm³/mol. The van der Waals surface area contributed by atoms with E-state index in [9.17, 15) is 0 Å². The van der Waals surface area contributed by atoms with Gasteiger partial charge in [0, 0.05) is 4.47 Å². The van der Waals surface area contributed by atoms with Crippen molar-refractivity contribution in [3.63, 3.8) is 0 Å². The first-order valence-electron chi connectivity index (χ1n) is 7.06. The first-order chi connectivity index (χ1) is 9.52. The molecule has 2 aromatic rings. The van der Waals surface area contributed by atoms with Gasteiger partial charge in [0.05, 0.1) is 6.04 Å². The molecule has 1 atom stereocenters. The predicted octanol–water partition coefficient (Wildman–Crippen LogP) is 5.19. The Morgan fingerprint density at radius 1 is 0.950 bits per heavy atom. The third-order valence-electron chi connectivity index (χ3n) is 3.77. The second-order valence-electron chi connectivity index (χ2n) is 5.54. The van der Waals surface area contributed by atoms with E-state index in [0.717, 1.165) is 4.47 Å². The molecule has 20 heavy (non-hydrogen) atoms. The van der Waals surface area contributed by atoms with Crippen LogP contribution in [0.1, 0.15) is 48.1 Å². The second-order valence-corrected chi connectivity index (χ2v) is 6.46. The van der Waals surface area contributed by atoms with Crippen LogP contribution in [0.4, 0.5) is 0 Å². The maximum atomic E-state index is 3.53. The van der Waals surface area contributed by atoms with Crippen LogP contribution in [0.2, 0.25) is 0 Å². The third-order valence-corrected chi connectivity index (χ3v) is 4.26. The lowest BCUT2D eigenvalue weighted by atomic mass is 9.93. The van der Waals surface area contributed by atoms with Crippen molar-refractivity contribution in [3.8, 4) is 0 Å². The minimum Gasteiger partial charge on any atom is -0.309 e. The number of nitrogens with one attached hydrogen (secondary N) is 1. The van der Waals surface area contributed by atoms with Crippen molar-refractivity contribution in [2.24, 2.45) is 0 Å². The Morgan fingerprint density at radius 2 is 1.55 bits per heavy atom. The molecular weight excluding hydrogens is 310 g/mol. The van der Waals surface area contributed by atoms with Gasteiger partial charge < -0.3 is 5.32 Å². The van der Waals surface area contributed by atoms with Crippen LogP contribution in [0, 0.1) is 6.92 Å². The van der Waals surface area contributed by atoms with E-state index in [4.69, 9.17) is 0 Å². The van der Waals surface area contributed by atoms with Crippen LogP contribution in [0.15, 0.2) is 46.9 Å². The molecule has 0 aromatic heterocycles. The van der Waals surface area contributed by atoms with Crippen LogP contribution in [0.5, 0.6) is 0 Å². The van der Waals surface area contributed by atoms with Gasteiger partial charge >= 0.3 is 0 Å². The van der Waals surface area contributed by atoms with Crippen molar-refractivity contribution in [2.45, 2.75) is 32.7 Å². The van der Waals surface area contributed by atoms with E-state index >= 15 is 0 Å². The smallest absolute Gasteiger partial charge is 0.0576 e. The summed E-state index contributed by atoms with van der Waals surface area (Å²) in [5.41, 5.74) is 5.32. The molecule has 0 fully saturated rings. The molecule has 106 valence electrons. The fourth-order valence-corrected chi connectivity index (χ4v) is 3.01. The average Bonchev–Trinajstić information content (AvgIpc) is 2.42. The van der Waals surface area contributed by atoms with Gasteiger partial charge in [0.25, 0.3) is 0 Å². The van der Waals surface area contributed by atoms with E-state index in [2.05, 4.69) is 84.5 Å². The molecule has 1 N–H and O–H groups in total. The molecule has 0 aliphatic rings. The van der Waals surface area contributed by atoms with E-state index in [1.54, 1.807) is 0 Å². The lowest BCUT2D eigenvalue weighted by Gasteiger charge is -2.20. The Hall–Kier alpha value is -1.12. The van der Waals surface area contributed by atoms with Gasteiger partial charge in [-0.1, -0.05) is 60.1 Å². The molecule has 1 unspecified atom stereocenters. The van der Waals surface area contributed by atoms with Crippen molar-refractivity contribution in [1.29, 1.82) is 0 Å². The maximum absolute atomic E-state index is 3.53. The van der Waals surface area contributed by atoms with Gasteiger partial charge in [-0.05, 0) is 54.3 Å². The summed E-state index contributed by atoms with van der Waals surface area (Å²) in [6.07, 6.45) is 0. The molecule has 0 bridgehead atoms. The summed E-state index contributed by atoms with van der Waals surface area (Å²) in [4.78, 5) is 0. The lowest BCUT2D eigenvalue weighted by Crippen LogP contribution is -2.18. The summed E-state index contributed by atoms with van der Waals surface area (Å²) in [7, 11) is 2.02. The van der Waals surface area contributed by atoms with Gasteiger partial charge in [-0.2, -0.15) is 0 Å². The summed E-state index contributed by atoms with van der Waals surface area (Å²) in [5.74, 6) is 0.575. The van der Waals surface area contributed by atoms with Crippen molar-refractivity contribution in [1.82, 2.24) is 5.32 Å². The Bertz CT molecular complexity index is 572. The maximum Gasteiger partial charge on any atom is 0.0576 e. The van der Waals surface area contributed by atoms with Crippen LogP contribution in [0.25, 0.3) is 0 Å². The zero-order valence-corrected chi connectivity index (χ0v) is 14.2. The summed E-state index contributed by atoms with van der Waals surface area (Å²) in [6.45, 7) is 6.61. The Labute approximate surface area is 130 Å². The summed E-state index contributed by atoms with van der Waals surface area (Å²) >= 11 is 3.53. The quantitative estimate of drug-likeness (QED) is 0.812. The minimum absolute atomic E-state index is 0.240. The average molecular weight is 332 g/mol. The molecule has 2 rings (SSSR count). The normalized spacial score (nSPS) is 12.7. The zero-order valence-electron chi connectivity index (χ0n) is 12.6. The second kappa shape index (κ2) is 6.55.